The van der Waals surface area contributed by atoms with Gasteiger partial charge in [-0.05, 0) is 52.5 Å². The van der Waals surface area contributed by atoms with Gasteiger partial charge < -0.3 is 19.4 Å². The van der Waals surface area contributed by atoms with Gasteiger partial charge in [-0.1, -0.05) is 0 Å². The molecule has 0 aromatic carbocycles. The highest BCUT2D eigenvalue weighted by Gasteiger charge is 2.35. The van der Waals surface area contributed by atoms with Crippen LogP contribution >= 0.6 is 0 Å². The Morgan fingerprint density at radius 2 is 1.80 bits per heavy atom. The van der Waals surface area contributed by atoms with Crippen molar-refractivity contribution >= 4 is 17.8 Å². The number of piperidine rings is 1. The highest BCUT2D eigenvalue weighted by molar-refractivity contribution is 6.01. The molecule has 1 aliphatic heterocycles. The fraction of sp³-hybridized carbons (Fsp3) is 0.611. The van der Waals surface area contributed by atoms with Crippen molar-refractivity contribution in [3.63, 3.8) is 0 Å². The maximum absolute atomic E-state index is 13.0. The zero-order valence-electron chi connectivity index (χ0n) is 15.3. The summed E-state index contributed by atoms with van der Waals surface area (Å²) < 4.78 is 10.2. The minimum atomic E-state index is -0.574. The molecule has 0 saturated carbocycles. The number of aryl methyl sites for hydroxylation is 1. The number of aromatic nitrogens is 1. The smallest absolute Gasteiger partial charge is 0.340 e. The molecule has 1 aromatic heterocycles. The first-order chi connectivity index (χ1) is 11.9. The average Bonchev–Trinajstić information content (AvgIpc) is 2.89. The molecule has 1 fully saturated rings. The Kier molecular flexibility index (Phi) is 6.22. The highest BCUT2D eigenvalue weighted by atomic mass is 16.5. The molecule has 2 rings (SSSR count). The number of carbonyl (C=O) groups excluding carboxylic acids is 3. The largest absolute Gasteiger partial charge is 0.464 e. The minimum Gasteiger partial charge on any atom is -0.464 e. The Bertz CT molecular complexity index is 665. The van der Waals surface area contributed by atoms with E-state index in [0.717, 1.165) is 12.8 Å². The molecule has 25 heavy (non-hydrogen) atoms. The van der Waals surface area contributed by atoms with Gasteiger partial charge in [0.2, 0.25) is 0 Å². The first-order valence-corrected chi connectivity index (χ1v) is 8.76. The van der Waals surface area contributed by atoms with Crippen molar-refractivity contribution in [3.05, 3.63) is 22.5 Å². The van der Waals surface area contributed by atoms with Crippen LogP contribution in [0.3, 0.4) is 0 Å². The van der Waals surface area contributed by atoms with Crippen LogP contribution < -0.4 is 0 Å². The number of esters is 2. The number of hydrogen-bond acceptors (Lipinski definition) is 5. The van der Waals surface area contributed by atoms with Crippen LogP contribution in [0, 0.1) is 13.8 Å². The Hall–Kier alpha value is -2.31. The Morgan fingerprint density at radius 3 is 2.44 bits per heavy atom. The van der Waals surface area contributed by atoms with E-state index in [1.54, 1.807) is 32.6 Å². The molecule has 7 nitrogen and oxygen atoms in total. The minimum absolute atomic E-state index is 0.267. The summed E-state index contributed by atoms with van der Waals surface area (Å²) >= 11 is 0. The summed E-state index contributed by atoms with van der Waals surface area (Å²) in [6.45, 7) is 7.97. The summed E-state index contributed by atoms with van der Waals surface area (Å²) in [5.74, 6) is -1.11. The molecule has 138 valence electrons. The maximum atomic E-state index is 13.0. The van der Waals surface area contributed by atoms with E-state index in [1.165, 1.54) is 0 Å². The molecule has 7 heteroatoms. The van der Waals surface area contributed by atoms with Gasteiger partial charge in [0, 0.05) is 12.2 Å². The van der Waals surface area contributed by atoms with Gasteiger partial charge in [0.15, 0.2) is 0 Å². The average molecular weight is 350 g/mol. The van der Waals surface area contributed by atoms with Gasteiger partial charge in [-0.15, -0.1) is 0 Å². The molecule has 0 radical (unpaired) electrons. The number of rotatable bonds is 5. The Labute approximate surface area is 147 Å². The van der Waals surface area contributed by atoms with E-state index in [-0.39, 0.29) is 25.1 Å². The molecule has 0 aliphatic carbocycles. The third-order valence-corrected chi connectivity index (χ3v) is 4.45. The monoisotopic (exact) mass is 350 g/mol. The summed E-state index contributed by atoms with van der Waals surface area (Å²) in [6.07, 6.45) is 2.31. The normalized spacial score (nSPS) is 17.3. The molecule has 1 atom stereocenters. The number of H-pyrrole nitrogens is 1. The van der Waals surface area contributed by atoms with Crippen LogP contribution in [0.15, 0.2) is 0 Å². The Morgan fingerprint density at radius 1 is 1.12 bits per heavy atom. The van der Waals surface area contributed by atoms with E-state index in [4.69, 9.17) is 9.47 Å². The maximum Gasteiger partial charge on any atom is 0.340 e. The number of nitrogens with one attached hydrogen (secondary N) is 1. The van der Waals surface area contributed by atoms with Crippen molar-refractivity contribution in [1.29, 1.82) is 0 Å². The predicted octanol–water partition coefficient (Wildman–Crippen LogP) is 2.37. The van der Waals surface area contributed by atoms with Crippen LogP contribution in [-0.2, 0) is 14.3 Å². The molecular formula is C18H26N2O5. The van der Waals surface area contributed by atoms with E-state index in [0.29, 0.717) is 35.5 Å². The van der Waals surface area contributed by atoms with Gasteiger partial charge in [-0.25, -0.2) is 9.59 Å². The standard InChI is InChI=1S/C18H26N2O5/c1-5-24-17(22)13-9-7-8-10-20(13)16(21)15-11(3)14(12(4)19-15)18(23)25-6-2/h13,19H,5-10H2,1-4H3. The van der Waals surface area contributed by atoms with Crippen LogP contribution in [0.2, 0.25) is 0 Å². The number of nitrogens with zero attached hydrogens (tertiary/aromatic N) is 1. The molecule has 0 spiro atoms. The van der Waals surface area contributed by atoms with Gasteiger partial charge in [0.05, 0.1) is 18.8 Å². The van der Waals surface area contributed by atoms with Crippen molar-refractivity contribution in [2.45, 2.75) is 53.0 Å². The summed E-state index contributed by atoms with van der Waals surface area (Å²) in [6, 6.07) is -0.574. The molecule has 1 aromatic rings. The van der Waals surface area contributed by atoms with Crippen molar-refractivity contribution in [1.82, 2.24) is 9.88 Å². The fourth-order valence-electron chi connectivity index (χ4n) is 3.28. The second kappa shape index (κ2) is 8.18. The van der Waals surface area contributed by atoms with E-state index < -0.39 is 12.0 Å². The lowest BCUT2D eigenvalue weighted by Crippen LogP contribution is -2.49. The number of hydrogen-bond donors (Lipinski definition) is 1. The van der Waals surface area contributed by atoms with Gasteiger partial charge in [0.1, 0.15) is 11.7 Å². The quantitative estimate of drug-likeness (QED) is 0.824. The summed E-state index contributed by atoms with van der Waals surface area (Å²) in [5, 5.41) is 0. The number of carbonyl (C=O) groups is 3. The number of aromatic amines is 1. The topological polar surface area (TPSA) is 88.7 Å². The van der Waals surface area contributed by atoms with Crippen LogP contribution in [0.5, 0.6) is 0 Å². The second-order valence-electron chi connectivity index (χ2n) is 6.11. The van der Waals surface area contributed by atoms with Crippen LogP contribution in [0.25, 0.3) is 0 Å². The third kappa shape index (κ3) is 3.86. The number of likely N-dealkylation sites (tertiary alicyclic amines) is 1. The van der Waals surface area contributed by atoms with Gasteiger partial charge in [-0.3, -0.25) is 4.79 Å². The molecule has 1 unspecified atom stereocenters. The lowest BCUT2D eigenvalue weighted by molar-refractivity contribution is -0.149. The molecule has 1 amide bonds. The van der Waals surface area contributed by atoms with Gasteiger partial charge >= 0.3 is 11.9 Å². The zero-order valence-corrected chi connectivity index (χ0v) is 15.3. The molecule has 0 bridgehead atoms. The first kappa shape index (κ1) is 19.0. The van der Waals surface area contributed by atoms with Crippen molar-refractivity contribution in [2.75, 3.05) is 19.8 Å². The van der Waals surface area contributed by atoms with Crippen molar-refractivity contribution < 1.29 is 23.9 Å². The summed E-state index contributed by atoms with van der Waals surface area (Å²) in [4.78, 5) is 41.9. The summed E-state index contributed by atoms with van der Waals surface area (Å²) in [7, 11) is 0. The van der Waals surface area contributed by atoms with E-state index in [2.05, 4.69) is 4.98 Å². The molecule has 1 N–H and O–H groups in total. The van der Waals surface area contributed by atoms with Gasteiger partial charge in [-0.2, -0.15) is 0 Å². The Balaban J connectivity index is 2.31. The zero-order chi connectivity index (χ0) is 18.6. The van der Waals surface area contributed by atoms with Crippen molar-refractivity contribution in [2.24, 2.45) is 0 Å². The molecule has 2 heterocycles. The summed E-state index contributed by atoms with van der Waals surface area (Å²) in [5.41, 5.74) is 1.85. The van der Waals surface area contributed by atoms with Crippen LogP contribution in [0.1, 0.15) is 65.2 Å². The fourth-order valence-corrected chi connectivity index (χ4v) is 3.28. The highest BCUT2D eigenvalue weighted by Crippen LogP contribution is 2.25. The first-order valence-electron chi connectivity index (χ1n) is 8.76. The molecule has 1 saturated heterocycles. The molecule has 1 aliphatic rings. The predicted molar refractivity (Wildman–Crippen MR) is 91.5 cm³/mol. The van der Waals surface area contributed by atoms with Crippen molar-refractivity contribution in [3.8, 4) is 0 Å². The molecular weight excluding hydrogens is 324 g/mol. The lowest BCUT2D eigenvalue weighted by Gasteiger charge is -2.33. The second-order valence-corrected chi connectivity index (χ2v) is 6.11. The van der Waals surface area contributed by atoms with E-state index in [1.807, 2.05) is 0 Å². The third-order valence-electron chi connectivity index (χ3n) is 4.45. The van der Waals surface area contributed by atoms with Crippen LogP contribution in [-0.4, -0.2) is 53.5 Å². The van der Waals surface area contributed by atoms with E-state index >= 15 is 0 Å². The lowest BCUT2D eigenvalue weighted by atomic mass is 10.0. The number of amides is 1. The van der Waals surface area contributed by atoms with E-state index in [9.17, 15) is 14.4 Å². The number of ether oxygens (including phenoxy) is 2. The van der Waals surface area contributed by atoms with Crippen LogP contribution in [0.4, 0.5) is 0 Å². The van der Waals surface area contributed by atoms with Gasteiger partial charge in [0.25, 0.3) is 5.91 Å². The SMILES string of the molecule is CCOC(=O)c1c(C)[nH]c(C(=O)N2CCCCC2C(=O)OCC)c1C.